The fraction of sp³-hybridized carbons (Fsp3) is 0.529. The summed E-state index contributed by atoms with van der Waals surface area (Å²) in [5.74, 6) is 0.350. The first-order chi connectivity index (χ1) is 9.96. The SMILES string of the molecule is CC1(C)CC(=O)N(CCC2CNc3ccccc32)C(=O)C1. The number of anilines is 1. The predicted octanol–water partition coefficient (Wildman–Crippen LogP) is 2.76. The van der Waals surface area contributed by atoms with Gasteiger partial charge in [0.05, 0.1) is 0 Å². The van der Waals surface area contributed by atoms with Crippen molar-refractivity contribution >= 4 is 17.5 Å². The molecule has 0 spiro atoms. The number of carbonyl (C=O) groups excluding carboxylic acids is 2. The number of imide groups is 1. The number of para-hydroxylation sites is 1. The van der Waals surface area contributed by atoms with Gasteiger partial charge in [-0.1, -0.05) is 32.0 Å². The van der Waals surface area contributed by atoms with Crippen LogP contribution < -0.4 is 5.32 Å². The van der Waals surface area contributed by atoms with Crippen LogP contribution in [0.25, 0.3) is 0 Å². The van der Waals surface area contributed by atoms with Gasteiger partial charge in [-0.15, -0.1) is 0 Å². The van der Waals surface area contributed by atoms with Crippen molar-refractivity contribution in [3.8, 4) is 0 Å². The Morgan fingerprint density at radius 1 is 1.19 bits per heavy atom. The van der Waals surface area contributed by atoms with E-state index in [1.807, 2.05) is 26.0 Å². The molecule has 2 aliphatic heterocycles. The fourth-order valence-corrected chi connectivity index (χ4v) is 3.36. The van der Waals surface area contributed by atoms with Crippen LogP contribution in [-0.4, -0.2) is 29.8 Å². The molecule has 2 amide bonds. The molecule has 0 aromatic heterocycles. The summed E-state index contributed by atoms with van der Waals surface area (Å²) in [7, 11) is 0. The summed E-state index contributed by atoms with van der Waals surface area (Å²) in [5, 5.41) is 3.39. The van der Waals surface area contributed by atoms with Crippen LogP contribution in [0.2, 0.25) is 0 Å². The zero-order valence-electron chi connectivity index (χ0n) is 12.7. The maximum atomic E-state index is 12.2. The lowest BCUT2D eigenvalue weighted by Gasteiger charge is -2.35. The van der Waals surface area contributed by atoms with Crippen LogP contribution in [0.3, 0.4) is 0 Å². The number of benzene rings is 1. The fourth-order valence-electron chi connectivity index (χ4n) is 3.36. The van der Waals surface area contributed by atoms with E-state index >= 15 is 0 Å². The normalized spacial score (nSPS) is 23.9. The van der Waals surface area contributed by atoms with Crippen LogP contribution in [0.1, 0.15) is 44.6 Å². The number of nitrogens with one attached hydrogen (secondary N) is 1. The van der Waals surface area contributed by atoms with Gasteiger partial charge in [-0.3, -0.25) is 14.5 Å². The monoisotopic (exact) mass is 286 g/mol. The molecule has 21 heavy (non-hydrogen) atoms. The first-order valence-electron chi connectivity index (χ1n) is 7.62. The molecule has 4 nitrogen and oxygen atoms in total. The lowest BCUT2D eigenvalue weighted by Crippen LogP contribution is -2.46. The van der Waals surface area contributed by atoms with Crippen molar-refractivity contribution in [2.24, 2.45) is 5.41 Å². The zero-order valence-corrected chi connectivity index (χ0v) is 12.7. The first-order valence-corrected chi connectivity index (χ1v) is 7.62. The highest BCUT2D eigenvalue weighted by atomic mass is 16.2. The minimum absolute atomic E-state index is 0.0181. The van der Waals surface area contributed by atoms with Gasteiger partial charge in [0, 0.05) is 37.5 Å². The molecule has 2 heterocycles. The molecular formula is C17H22N2O2. The number of nitrogens with zero attached hydrogens (tertiary/aromatic N) is 1. The van der Waals surface area contributed by atoms with Gasteiger partial charge in [-0.25, -0.2) is 0 Å². The van der Waals surface area contributed by atoms with Crippen LogP contribution in [0, 0.1) is 5.41 Å². The van der Waals surface area contributed by atoms with E-state index in [0.29, 0.717) is 25.3 Å². The molecule has 1 saturated heterocycles. The molecule has 0 aliphatic carbocycles. The van der Waals surface area contributed by atoms with Crippen molar-refractivity contribution in [2.45, 2.75) is 39.0 Å². The second-order valence-electron chi connectivity index (χ2n) is 6.91. The molecule has 1 fully saturated rings. The van der Waals surface area contributed by atoms with E-state index in [-0.39, 0.29) is 17.2 Å². The molecule has 1 N–H and O–H groups in total. The Bertz CT molecular complexity index is 560. The topological polar surface area (TPSA) is 49.4 Å². The molecular weight excluding hydrogens is 264 g/mol. The number of carbonyl (C=O) groups is 2. The molecule has 0 bridgehead atoms. The first kappa shape index (κ1) is 14.1. The van der Waals surface area contributed by atoms with Crippen LogP contribution in [0.4, 0.5) is 5.69 Å². The third-order valence-corrected chi connectivity index (χ3v) is 4.50. The average Bonchev–Trinajstić information content (AvgIpc) is 2.80. The number of rotatable bonds is 3. The second-order valence-corrected chi connectivity index (χ2v) is 6.91. The highest BCUT2D eigenvalue weighted by Gasteiger charge is 2.37. The minimum Gasteiger partial charge on any atom is -0.384 e. The highest BCUT2D eigenvalue weighted by molar-refractivity contribution is 5.98. The Hall–Kier alpha value is -1.84. The van der Waals surface area contributed by atoms with E-state index in [1.165, 1.54) is 16.2 Å². The van der Waals surface area contributed by atoms with Crippen LogP contribution in [-0.2, 0) is 9.59 Å². The Balaban J connectivity index is 1.64. The number of hydrogen-bond donors (Lipinski definition) is 1. The Morgan fingerprint density at radius 2 is 1.86 bits per heavy atom. The standard InChI is InChI=1S/C17H22N2O2/c1-17(2)9-15(20)19(16(21)10-17)8-7-12-11-18-14-6-4-3-5-13(12)14/h3-6,12,18H,7-11H2,1-2H3. The van der Waals surface area contributed by atoms with Crippen LogP contribution in [0.15, 0.2) is 24.3 Å². The summed E-state index contributed by atoms with van der Waals surface area (Å²) >= 11 is 0. The number of piperidine rings is 1. The van der Waals surface area contributed by atoms with Crippen molar-refractivity contribution in [3.63, 3.8) is 0 Å². The van der Waals surface area contributed by atoms with Gasteiger partial charge in [0.2, 0.25) is 11.8 Å². The summed E-state index contributed by atoms with van der Waals surface area (Å²) in [6.45, 7) is 5.39. The van der Waals surface area contributed by atoms with Crippen molar-refractivity contribution < 1.29 is 9.59 Å². The Kier molecular flexibility index (Phi) is 3.47. The molecule has 1 atom stereocenters. The van der Waals surface area contributed by atoms with Gasteiger partial charge in [0.25, 0.3) is 0 Å². The third-order valence-electron chi connectivity index (χ3n) is 4.50. The van der Waals surface area contributed by atoms with Gasteiger partial charge in [0.15, 0.2) is 0 Å². The summed E-state index contributed by atoms with van der Waals surface area (Å²) in [5.41, 5.74) is 2.29. The molecule has 1 unspecified atom stereocenters. The zero-order chi connectivity index (χ0) is 15.0. The van der Waals surface area contributed by atoms with Gasteiger partial charge < -0.3 is 5.32 Å². The lowest BCUT2D eigenvalue weighted by molar-refractivity contribution is -0.152. The molecule has 112 valence electrons. The number of fused-ring (bicyclic) bond motifs is 1. The van der Waals surface area contributed by atoms with Crippen molar-refractivity contribution in [2.75, 3.05) is 18.4 Å². The maximum Gasteiger partial charge on any atom is 0.229 e. The highest BCUT2D eigenvalue weighted by Crippen LogP contribution is 2.35. The Labute approximate surface area is 125 Å². The van der Waals surface area contributed by atoms with E-state index in [9.17, 15) is 9.59 Å². The van der Waals surface area contributed by atoms with Gasteiger partial charge in [-0.05, 0) is 23.5 Å². The summed E-state index contributed by atoms with van der Waals surface area (Å²) < 4.78 is 0. The lowest BCUT2D eigenvalue weighted by atomic mass is 9.81. The summed E-state index contributed by atoms with van der Waals surface area (Å²) in [4.78, 5) is 25.8. The largest absolute Gasteiger partial charge is 0.384 e. The van der Waals surface area contributed by atoms with Gasteiger partial charge in [-0.2, -0.15) is 0 Å². The minimum atomic E-state index is -0.188. The average molecular weight is 286 g/mol. The van der Waals surface area contributed by atoms with Crippen molar-refractivity contribution in [1.29, 1.82) is 0 Å². The molecule has 3 rings (SSSR count). The number of likely N-dealkylation sites (tertiary alicyclic amines) is 1. The molecule has 0 saturated carbocycles. The smallest absolute Gasteiger partial charge is 0.229 e. The summed E-state index contributed by atoms with van der Waals surface area (Å²) in [6.07, 6.45) is 1.78. The molecule has 1 aromatic carbocycles. The van der Waals surface area contributed by atoms with E-state index in [4.69, 9.17) is 0 Å². The van der Waals surface area contributed by atoms with E-state index in [1.54, 1.807) is 0 Å². The quantitative estimate of drug-likeness (QED) is 0.869. The predicted molar refractivity (Wildman–Crippen MR) is 82.0 cm³/mol. The van der Waals surface area contributed by atoms with E-state index < -0.39 is 0 Å². The molecule has 2 aliphatic rings. The van der Waals surface area contributed by atoms with Gasteiger partial charge in [0.1, 0.15) is 0 Å². The van der Waals surface area contributed by atoms with Crippen LogP contribution >= 0.6 is 0 Å². The number of amides is 2. The van der Waals surface area contributed by atoms with E-state index in [0.717, 1.165) is 13.0 Å². The van der Waals surface area contributed by atoms with E-state index in [2.05, 4.69) is 17.4 Å². The molecule has 0 radical (unpaired) electrons. The Morgan fingerprint density at radius 3 is 2.57 bits per heavy atom. The third kappa shape index (κ3) is 2.80. The number of hydrogen-bond acceptors (Lipinski definition) is 3. The maximum absolute atomic E-state index is 12.2. The second kappa shape index (κ2) is 5.17. The van der Waals surface area contributed by atoms with Gasteiger partial charge >= 0.3 is 0 Å². The molecule has 4 heteroatoms. The van der Waals surface area contributed by atoms with Crippen molar-refractivity contribution in [3.05, 3.63) is 29.8 Å². The summed E-state index contributed by atoms with van der Waals surface area (Å²) in [6, 6.07) is 8.27. The van der Waals surface area contributed by atoms with Crippen LogP contribution in [0.5, 0.6) is 0 Å². The van der Waals surface area contributed by atoms with Crippen molar-refractivity contribution in [1.82, 2.24) is 4.90 Å². The molecule has 1 aromatic rings.